The van der Waals surface area contributed by atoms with Gasteiger partial charge in [-0.3, -0.25) is 4.90 Å². The van der Waals surface area contributed by atoms with E-state index in [0.29, 0.717) is 13.1 Å². The third-order valence-electron chi connectivity index (χ3n) is 3.72. The molecule has 1 heterocycles. The molecule has 2 atom stereocenters. The lowest BCUT2D eigenvalue weighted by atomic mass is 9.74. The summed E-state index contributed by atoms with van der Waals surface area (Å²) in [4.78, 5) is 24.5. The van der Waals surface area contributed by atoms with Crippen LogP contribution in [0.25, 0.3) is 0 Å². The van der Waals surface area contributed by atoms with E-state index in [1.165, 1.54) is 12.2 Å². The van der Waals surface area contributed by atoms with E-state index in [1.807, 2.05) is 4.90 Å². The van der Waals surface area contributed by atoms with E-state index < -0.39 is 23.4 Å². The molecular weight excluding hydrogens is 222 g/mol. The van der Waals surface area contributed by atoms with Crippen molar-refractivity contribution in [2.24, 2.45) is 5.92 Å². The van der Waals surface area contributed by atoms with E-state index in [1.54, 1.807) is 13.0 Å². The Labute approximate surface area is 99.0 Å². The number of nitrogens with zero attached hydrogens (tertiary/aromatic N) is 1. The third kappa shape index (κ3) is 1.58. The van der Waals surface area contributed by atoms with E-state index in [-0.39, 0.29) is 5.57 Å². The molecule has 0 amide bonds. The van der Waals surface area contributed by atoms with Gasteiger partial charge in [-0.1, -0.05) is 25.2 Å². The SMILES string of the molecule is CC1C(C(=O)O)=CC=CC1(C(=O)O)N1CCC1. The minimum absolute atomic E-state index is 0.154. The maximum absolute atomic E-state index is 11.6. The predicted molar refractivity (Wildman–Crippen MR) is 60.6 cm³/mol. The molecule has 0 radical (unpaired) electrons. The van der Waals surface area contributed by atoms with Gasteiger partial charge in [-0.25, -0.2) is 9.59 Å². The van der Waals surface area contributed by atoms with Crippen molar-refractivity contribution in [2.45, 2.75) is 18.9 Å². The van der Waals surface area contributed by atoms with Gasteiger partial charge in [0, 0.05) is 24.6 Å². The van der Waals surface area contributed by atoms with Gasteiger partial charge in [0.25, 0.3) is 0 Å². The standard InChI is InChI=1S/C12H15NO4/c1-8-9(10(14)15)4-2-5-12(8,11(16)17)13-6-3-7-13/h2,4-5,8H,3,6-7H2,1H3,(H,14,15)(H,16,17). The number of hydrogen-bond acceptors (Lipinski definition) is 3. The Bertz CT molecular complexity index is 422. The third-order valence-corrected chi connectivity index (χ3v) is 3.72. The van der Waals surface area contributed by atoms with Crippen molar-refractivity contribution in [3.8, 4) is 0 Å². The maximum Gasteiger partial charge on any atom is 0.331 e. The van der Waals surface area contributed by atoms with Gasteiger partial charge in [0.2, 0.25) is 0 Å². The van der Waals surface area contributed by atoms with Crippen molar-refractivity contribution in [1.29, 1.82) is 0 Å². The zero-order valence-electron chi connectivity index (χ0n) is 9.59. The Hall–Kier alpha value is -1.62. The molecule has 92 valence electrons. The highest BCUT2D eigenvalue weighted by Crippen LogP contribution is 2.38. The first-order chi connectivity index (χ1) is 8.00. The van der Waals surface area contributed by atoms with Crippen LogP contribution in [0.3, 0.4) is 0 Å². The first-order valence-corrected chi connectivity index (χ1v) is 5.61. The molecule has 0 saturated carbocycles. The minimum atomic E-state index is -1.19. The van der Waals surface area contributed by atoms with Crippen LogP contribution in [0.2, 0.25) is 0 Å². The number of rotatable bonds is 3. The molecule has 0 aromatic heterocycles. The molecule has 2 rings (SSSR count). The average molecular weight is 237 g/mol. The highest BCUT2D eigenvalue weighted by Gasteiger charge is 2.51. The largest absolute Gasteiger partial charge is 0.480 e. The van der Waals surface area contributed by atoms with Gasteiger partial charge in [-0.05, 0) is 6.42 Å². The van der Waals surface area contributed by atoms with Crippen LogP contribution >= 0.6 is 0 Å². The Morgan fingerprint density at radius 3 is 2.47 bits per heavy atom. The Morgan fingerprint density at radius 2 is 2.06 bits per heavy atom. The number of carboxylic acids is 2. The highest BCUT2D eigenvalue weighted by molar-refractivity contribution is 5.92. The fourth-order valence-corrected chi connectivity index (χ4v) is 2.54. The molecule has 17 heavy (non-hydrogen) atoms. The second-order valence-electron chi connectivity index (χ2n) is 4.48. The smallest absolute Gasteiger partial charge is 0.331 e. The van der Waals surface area contributed by atoms with E-state index in [0.717, 1.165) is 6.42 Å². The molecule has 0 bridgehead atoms. The summed E-state index contributed by atoms with van der Waals surface area (Å²) in [6, 6.07) is 0. The summed E-state index contributed by atoms with van der Waals surface area (Å²) in [5.74, 6) is -2.58. The summed E-state index contributed by atoms with van der Waals surface area (Å²) in [5.41, 5.74) is -1.04. The van der Waals surface area contributed by atoms with Crippen molar-refractivity contribution in [3.05, 3.63) is 23.8 Å². The predicted octanol–water partition coefficient (Wildman–Crippen LogP) is 0.732. The summed E-state index contributed by atoms with van der Waals surface area (Å²) in [7, 11) is 0. The van der Waals surface area contributed by atoms with Gasteiger partial charge in [-0.2, -0.15) is 0 Å². The molecule has 1 aliphatic carbocycles. The molecule has 1 saturated heterocycles. The molecule has 0 aromatic carbocycles. The second kappa shape index (κ2) is 4.00. The van der Waals surface area contributed by atoms with Crippen LogP contribution in [0.15, 0.2) is 23.8 Å². The molecule has 5 nitrogen and oxygen atoms in total. The van der Waals surface area contributed by atoms with E-state index in [9.17, 15) is 14.7 Å². The topological polar surface area (TPSA) is 77.8 Å². The van der Waals surface area contributed by atoms with E-state index >= 15 is 0 Å². The summed E-state index contributed by atoms with van der Waals surface area (Å²) >= 11 is 0. The number of aliphatic carboxylic acids is 2. The lowest BCUT2D eigenvalue weighted by Crippen LogP contribution is -2.63. The van der Waals surface area contributed by atoms with Crippen LogP contribution in [0, 0.1) is 5.92 Å². The summed E-state index contributed by atoms with van der Waals surface area (Å²) < 4.78 is 0. The van der Waals surface area contributed by atoms with Crippen molar-refractivity contribution in [2.75, 3.05) is 13.1 Å². The Kier molecular flexibility index (Phi) is 2.79. The molecular formula is C12H15NO4. The molecule has 1 aliphatic heterocycles. The van der Waals surface area contributed by atoms with Crippen LogP contribution < -0.4 is 0 Å². The molecule has 2 unspecified atom stereocenters. The van der Waals surface area contributed by atoms with Gasteiger partial charge < -0.3 is 10.2 Å². The number of carboxylic acid groups (broad SMARTS) is 2. The normalized spacial score (nSPS) is 32.8. The molecule has 1 fully saturated rings. The van der Waals surface area contributed by atoms with Gasteiger partial charge in [0.1, 0.15) is 5.54 Å². The molecule has 2 N–H and O–H groups in total. The van der Waals surface area contributed by atoms with Gasteiger partial charge in [-0.15, -0.1) is 0 Å². The van der Waals surface area contributed by atoms with Crippen LogP contribution in [0.5, 0.6) is 0 Å². The molecule has 2 aliphatic rings. The summed E-state index contributed by atoms with van der Waals surface area (Å²) in [6.07, 6.45) is 5.58. The van der Waals surface area contributed by atoms with Gasteiger partial charge >= 0.3 is 11.9 Å². The zero-order valence-corrected chi connectivity index (χ0v) is 9.59. The van der Waals surface area contributed by atoms with E-state index in [4.69, 9.17) is 5.11 Å². The van der Waals surface area contributed by atoms with Crippen molar-refractivity contribution in [1.82, 2.24) is 4.90 Å². The number of allylic oxidation sites excluding steroid dienone is 2. The van der Waals surface area contributed by atoms with Crippen molar-refractivity contribution >= 4 is 11.9 Å². The zero-order chi connectivity index (χ0) is 12.6. The van der Waals surface area contributed by atoms with Gasteiger partial charge in [0.05, 0.1) is 0 Å². The average Bonchev–Trinajstić information content (AvgIpc) is 2.17. The first-order valence-electron chi connectivity index (χ1n) is 5.61. The fourth-order valence-electron chi connectivity index (χ4n) is 2.54. The van der Waals surface area contributed by atoms with Gasteiger partial charge in [0.15, 0.2) is 0 Å². The summed E-state index contributed by atoms with van der Waals surface area (Å²) in [5, 5.41) is 18.6. The van der Waals surface area contributed by atoms with Crippen molar-refractivity contribution < 1.29 is 19.8 Å². The van der Waals surface area contributed by atoms with Crippen molar-refractivity contribution in [3.63, 3.8) is 0 Å². The summed E-state index contributed by atoms with van der Waals surface area (Å²) in [6.45, 7) is 3.07. The number of likely N-dealkylation sites (tertiary alicyclic amines) is 1. The monoisotopic (exact) mass is 237 g/mol. The minimum Gasteiger partial charge on any atom is -0.480 e. The Morgan fingerprint density at radius 1 is 1.41 bits per heavy atom. The van der Waals surface area contributed by atoms with Crippen LogP contribution in [-0.2, 0) is 9.59 Å². The molecule has 0 aromatic rings. The van der Waals surface area contributed by atoms with Crippen LogP contribution in [-0.4, -0.2) is 45.7 Å². The van der Waals surface area contributed by atoms with Crippen LogP contribution in [0.1, 0.15) is 13.3 Å². The quantitative estimate of drug-likeness (QED) is 0.756. The lowest BCUT2D eigenvalue weighted by Gasteiger charge is -2.48. The molecule has 0 spiro atoms. The Balaban J connectivity index is 2.41. The van der Waals surface area contributed by atoms with E-state index in [2.05, 4.69) is 0 Å². The number of carbonyl (C=O) groups is 2. The first kappa shape index (κ1) is 11.9. The lowest BCUT2D eigenvalue weighted by molar-refractivity contribution is -0.154. The fraction of sp³-hybridized carbons (Fsp3) is 0.500. The second-order valence-corrected chi connectivity index (χ2v) is 4.48. The van der Waals surface area contributed by atoms with Crippen LogP contribution in [0.4, 0.5) is 0 Å². The maximum atomic E-state index is 11.6. The molecule has 5 heteroatoms. The number of hydrogen-bond donors (Lipinski definition) is 2. The highest BCUT2D eigenvalue weighted by atomic mass is 16.4.